The van der Waals surface area contributed by atoms with Crippen LogP contribution in [0.1, 0.15) is 6.92 Å². The topological polar surface area (TPSA) is 100 Å². The van der Waals surface area contributed by atoms with Gasteiger partial charge in [0.25, 0.3) is 0 Å². The third-order valence-electron chi connectivity index (χ3n) is 3.95. The molecule has 4 aromatic rings. The molecule has 3 aromatic heterocycles. The molecule has 0 amide bonds. The lowest BCUT2D eigenvalue weighted by atomic mass is 10.1. The zero-order valence-corrected chi connectivity index (χ0v) is 13.6. The van der Waals surface area contributed by atoms with Crippen LogP contribution >= 0.6 is 0 Å². The lowest BCUT2D eigenvalue weighted by Crippen LogP contribution is -2.03. The van der Waals surface area contributed by atoms with Crippen LogP contribution in [0.3, 0.4) is 0 Å². The van der Waals surface area contributed by atoms with Gasteiger partial charge in [-0.3, -0.25) is 0 Å². The Morgan fingerprint density at radius 3 is 2.83 bits per heavy atom. The first-order chi connectivity index (χ1) is 11.5. The normalized spacial score (nSPS) is 12.2. The van der Waals surface area contributed by atoms with Gasteiger partial charge in [-0.25, -0.2) is 17.9 Å². The van der Waals surface area contributed by atoms with Crippen LogP contribution in [0, 0.1) is 0 Å². The van der Waals surface area contributed by atoms with Gasteiger partial charge < -0.3 is 10.1 Å². The van der Waals surface area contributed by atoms with Crippen molar-refractivity contribution in [2.45, 2.75) is 11.8 Å². The minimum Gasteiger partial charge on any atom is -0.494 e. The molecule has 0 fully saturated rings. The Kier molecular flexibility index (Phi) is 3.10. The molecule has 0 aliphatic rings. The number of nitrogens with one attached hydrogen (secondary N) is 1. The SMILES string of the molecule is CCS(=O)(=O)c1ccc2[nH]c(O)c(-c3nc4ccccn4n3)c2c1. The Morgan fingerprint density at radius 2 is 2.08 bits per heavy atom. The highest BCUT2D eigenvalue weighted by Gasteiger charge is 2.20. The summed E-state index contributed by atoms with van der Waals surface area (Å²) in [5.41, 5.74) is 1.65. The van der Waals surface area contributed by atoms with E-state index in [1.165, 1.54) is 6.07 Å². The molecular weight excluding hydrogens is 328 g/mol. The first-order valence-corrected chi connectivity index (χ1v) is 9.04. The van der Waals surface area contributed by atoms with E-state index in [1.54, 1.807) is 35.8 Å². The third-order valence-corrected chi connectivity index (χ3v) is 5.69. The highest BCUT2D eigenvalue weighted by molar-refractivity contribution is 7.91. The van der Waals surface area contributed by atoms with E-state index in [4.69, 9.17) is 0 Å². The van der Waals surface area contributed by atoms with E-state index < -0.39 is 9.84 Å². The van der Waals surface area contributed by atoms with E-state index in [1.807, 2.05) is 12.1 Å². The fraction of sp³-hybridized carbons (Fsp3) is 0.125. The Balaban J connectivity index is 2.00. The number of hydrogen-bond acceptors (Lipinski definition) is 5. The standard InChI is InChI=1S/C16H14N4O3S/c1-2-24(22,23)10-6-7-12-11(9-10)14(16(21)17-12)15-18-13-5-3-4-8-20(13)19-15/h3-9,17,21H,2H2,1H3. The highest BCUT2D eigenvalue weighted by atomic mass is 32.2. The summed E-state index contributed by atoms with van der Waals surface area (Å²) in [6, 6.07) is 10.2. The number of sulfone groups is 1. The van der Waals surface area contributed by atoms with Gasteiger partial charge in [0.05, 0.1) is 16.2 Å². The van der Waals surface area contributed by atoms with Gasteiger partial charge in [-0.15, -0.1) is 5.10 Å². The van der Waals surface area contributed by atoms with Crippen molar-refractivity contribution in [1.82, 2.24) is 19.6 Å². The minimum absolute atomic E-state index is 0.0108. The van der Waals surface area contributed by atoms with E-state index >= 15 is 0 Å². The molecule has 2 N–H and O–H groups in total. The molecule has 24 heavy (non-hydrogen) atoms. The molecule has 3 heterocycles. The van der Waals surface area contributed by atoms with Gasteiger partial charge in [-0.05, 0) is 30.3 Å². The molecule has 0 radical (unpaired) electrons. The van der Waals surface area contributed by atoms with Gasteiger partial charge in [-0.1, -0.05) is 13.0 Å². The zero-order valence-electron chi connectivity index (χ0n) is 12.8. The number of benzene rings is 1. The molecule has 8 heteroatoms. The van der Waals surface area contributed by atoms with Gasteiger partial charge in [0, 0.05) is 17.1 Å². The molecule has 0 bridgehead atoms. The van der Waals surface area contributed by atoms with Crippen LogP contribution in [0.5, 0.6) is 5.88 Å². The summed E-state index contributed by atoms with van der Waals surface area (Å²) in [5, 5.41) is 15.2. The second-order valence-electron chi connectivity index (χ2n) is 5.40. The van der Waals surface area contributed by atoms with Crippen molar-refractivity contribution in [3.05, 3.63) is 42.6 Å². The predicted octanol–water partition coefficient (Wildman–Crippen LogP) is 2.38. The Bertz CT molecular complexity index is 1140. The molecule has 0 aliphatic carbocycles. The van der Waals surface area contributed by atoms with Gasteiger partial charge >= 0.3 is 0 Å². The minimum atomic E-state index is -3.35. The number of aromatic nitrogens is 4. The lowest BCUT2D eigenvalue weighted by Gasteiger charge is -2.01. The maximum Gasteiger partial charge on any atom is 0.200 e. The fourth-order valence-electron chi connectivity index (χ4n) is 2.68. The summed E-state index contributed by atoms with van der Waals surface area (Å²) >= 11 is 0. The zero-order chi connectivity index (χ0) is 16.9. The molecule has 0 saturated heterocycles. The van der Waals surface area contributed by atoms with E-state index in [-0.39, 0.29) is 16.5 Å². The summed E-state index contributed by atoms with van der Waals surface area (Å²) in [5.74, 6) is 0.250. The number of rotatable bonds is 3. The second kappa shape index (κ2) is 5.07. The molecule has 7 nitrogen and oxygen atoms in total. The van der Waals surface area contributed by atoms with Crippen molar-refractivity contribution in [2.75, 3.05) is 5.75 Å². The van der Waals surface area contributed by atoms with Crippen molar-refractivity contribution >= 4 is 26.4 Å². The van der Waals surface area contributed by atoms with Crippen molar-refractivity contribution < 1.29 is 13.5 Å². The molecule has 0 atom stereocenters. The molecule has 0 unspecified atom stereocenters. The monoisotopic (exact) mass is 342 g/mol. The van der Waals surface area contributed by atoms with Crippen LogP contribution in [0.4, 0.5) is 0 Å². The highest BCUT2D eigenvalue weighted by Crippen LogP contribution is 2.36. The van der Waals surface area contributed by atoms with E-state index in [0.717, 1.165) is 0 Å². The van der Waals surface area contributed by atoms with Crippen molar-refractivity contribution in [2.24, 2.45) is 0 Å². The quantitative estimate of drug-likeness (QED) is 0.595. The fourth-order valence-corrected chi connectivity index (χ4v) is 3.59. The summed E-state index contributed by atoms with van der Waals surface area (Å²) < 4.78 is 25.9. The van der Waals surface area contributed by atoms with Crippen molar-refractivity contribution in [3.8, 4) is 17.3 Å². The number of H-pyrrole nitrogens is 1. The van der Waals surface area contributed by atoms with Crippen LogP contribution in [-0.2, 0) is 9.84 Å². The summed E-state index contributed by atoms with van der Waals surface area (Å²) in [6.07, 6.45) is 1.75. The Labute approximate surface area is 137 Å². The maximum atomic E-state index is 12.1. The number of hydrogen-bond donors (Lipinski definition) is 2. The van der Waals surface area contributed by atoms with Crippen LogP contribution in [0.15, 0.2) is 47.5 Å². The Hall–Kier alpha value is -2.87. The average Bonchev–Trinajstić information content (AvgIpc) is 3.13. The molecule has 0 saturated carbocycles. The number of aromatic hydroxyl groups is 1. The predicted molar refractivity (Wildman–Crippen MR) is 89.7 cm³/mol. The third kappa shape index (κ3) is 2.15. The second-order valence-corrected chi connectivity index (χ2v) is 7.68. The van der Waals surface area contributed by atoms with Crippen molar-refractivity contribution in [1.29, 1.82) is 0 Å². The molecule has 1 aromatic carbocycles. The van der Waals surface area contributed by atoms with E-state index in [2.05, 4.69) is 15.1 Å². The van der Waals surface area contributed by atoms with E-state index in [0.29, 0.717) is 27.9 Å². The summed E-state index contributed by atoms with van der Waals surface area (Å²) in [7, 11) is -3.35. The molecule has 0 aliphatic heterocycles. The van der Waals surface area contributed by atoms with Gasteiger partial charge in [0.15, 0.2) is 21.3 Å². The number of fused-ring (bicyclic) bond motifs is 2. The molecule has 122 valence electrons. The smallest absolute Gasteiger partial charge is 0.200 e. The van der Waals surface area contributed by atoms with E-state index in [9.17, 15) is 13.5 Å². The maximum absolute atomic E-state index is 12.1. The largest absolute Gasteiger partial charge is 0.494 e. The number of pyridine rings is 1. The summed E-state index contributed by atoms with van der Waals surface area (Å²) in [4.78, 5) is 7.45. The Morgan fingerprint density at radius 1 is 1.25 bits per heavy atom. The average molecular weight is 342 g/mol. The molecule has 0 spiro atoms. The van der Waals surface area contributed by atoms with Crippen LogP contribution in [0.2, 0.25) is 0 Å². The molecular formula is C16H14N4O3S. The van der Waals surface area contributed by atoms with Crippen LogP contribution in [-0.4, -0.2) is 38.9 Å². The lowest BCUT2D eigenvalue weighted by molar-refractivity contribution is 0.460. The first kappa shape index (κ1) is 14.7. The van der Waals surface area contributed by atoms with Gasteiger partial charge in [-0.2, -0.15) is 0 Å². The first-order valence-electron chi connectivity index (χ1n) is 7.39. The van der Waals surface area contributed by atoms with Crippen molar-refractivity contribution in [3.63, 3.8) is 0 Å². The number of aromatic amines is 1. The van der Waals surface area contributed by atoms with Gasteiger partial charge in [0.1, 0.15) is 0 Å². The summed E-state index contributed by atoms with van der Waals surface area (Å²) in [6.45, 7) is 1.60. The van der Waals surface area contributed by atoms with Gasteiger partial charge in [0.2, 0.25) is 5.88 Å². The van der Waals surface area contributed by atoms with Crippen LogP contribution < -0.4 is 0 Å². The number of nitrogens with zero attached hydrogens (tertiary/aromatic N) is 3. The molecule has 4 rings (SSSR count). The van der Waals surface area contributed by atoms with Crippen LogP contribution in [0.25, 0.3) is 27.9 Å².